The summed E-state index contributed by atoms with van der Waals surface area (Å²) in [5.41, 5.74) is 2.43. The van der Waals surface area contributed by atoms with Crippen LogP contribution < -0.4 is 11.0 Å². The van der Waals surface area contributed by atoms with E-state index in [0.29, 0.717) is 29.5 Å². The van der Waals surface area contributed by atoms with Crippen LogP contribution in [0, 0.1) is 18.3 Å². The van der Waals surface area contributed by atoms with Crippen LogP contribution in [-0.2, 0) is 16.1 Å². The molecule has 1 fully saturated rings. The molecule has 0 spiro atoms. The second-order valence-corrected chi connectivity index (χ2v) is 9.05. The van der Waals surface area contributed by atoms with Gasteiger partial charge in [0.05, 0.1) is 23.6 Å². The summed E-state index contributed by atoms with van der Waals surface area (Å²) in [5.74, 6) is -0.546. The number of fused-ring (bicyclic) bond motifs is 2. The molecule has 0 saturated carbocycles. The molecule has 1 aliphatic heterocycles. The highest BCUT2D eigenvalue weighted by Gasteiger charge is 2.21. The molecule has 1 saturated heterocycles. The zero-order chi connectivity index (χ0) is 25.2. The number of aryl methyl sites for hydroxylation is 1. The fourth-order valence-electron chi connectivity index (χ4n) is 4.34. The molecule has 0 radical (unpaired) electrons. The Labute approximate surface area is 211 Å². The first-order valence-corrected chi connectivity index (χ1v) is 11.9. The summed E-state index contributed by atoms with van der Waals surface area (Å²) in [5, 5.41) is 10.8. The lowest BCUT2D eigenvalue weighted by atomic mass is 10.2. The molecule has 5 rings (SSSR count). The SMILES string of the molecule is Cc1cccn2c(=O)c3cc(C#N)c(=NC(=O)/C=C/c4ccc(Cl)cc4)n(C[C@@H]4CCCO4)c3nc12. The third-order valence-electron chi connectivity index (χ3n) is 6.14. The van der Waals surface area contributed by atoms with E-state index in [1.807, 2.05) is 13.0 Å². The number of nitriles is 1. The van der Waals surface area contributed by atoms with E-state index in [1.54, 1.807) is 47.2 Å². The zero-order valence-corrected chi connectivity index (χ0v) is 20.3. The Morgan fingerprint density at radius 3 is 2.83 bits per heavy atom. The second-order valence-electron chi connectivity index (χ2n) is 8.61. The third-order valence-corrected chi connectivity index (χ3v) is 6.39. The van der Waals surface area contributed by atoms with Crippen molar-refractivity contribution in [2.45, 2.75) is 32.4 Å². The number of carbonyl (C=O) groups is 1. The van der Waals surface area contributed by atoms with Gasteiger partial charge in [-0.05, 0) is 61.2 Å². The van der Waals surface area contributed by atoms with Gasteiger partial charge >= 0.3 is 0 Å². The molecule has 180 valence electrons. The smallest absolute Gasteiger partial charge is 0.271 e. The van der Waals surface area contributed by atoms with Crippen LogP contribution in [-0.4, -0.2) is 32.6 Å². The van der Waals surface area contributed by atoms with E-state index in [9.17, 15) is 14.9 Å². The molecule has 9 heteroatoms. The number of hydrogen-bond donors (Lipinski definition) is 0. The van der Waals surface area contributed by atoms with Crippen molar-refractivity contribution in [3.05, 3.63) is 92.3 Å². The summed E-state index contributed by atoms with van der Waals surface area (Å²) >= 11 is 5.92. The summed E-state index contributed by atoms with van der Waals surface area (Å²) in [6.45, 7) is 2.82. The van der Waals surface area contributed by atoms with Crippen LogP contribution in [0.2, 0.25) is 5.02 Å². The van der Waals surface area contributed by atoms with Crippen molar-refractivity contribution in [2.75, 3.05) is 6.61 Å². The van der Waals surface area contributed by atoms with Gasteiger partial charge < -0.3 is 9.30 Å². The molecule has 4 heterocycles. The summed E-state index contributed by atoms with van der Waals surface area (Å²) in [6.07, 6.45) is 6.20. The van der Waals surface area contributed by atoms with Crippen molar-refractivity contribution in [1.82, 2.24) is 14.0 Å². The number of aromatic nitrogens is 3. The second kappa shape index (κ2) is 9.90. The maximum absolute atomic E-state index is 13.4. The van der Waals surface area contributed by atoms with Crippen LogP contribution in [0.1, 0.15) is 29.5 Å². The molecule has 1 amide bonds. The predicted octanol–water partition coefficient (Wildman–Crippen LogP) is 3.80. The molecule has 36 heavy (non-hydrogen) atoms. The standard InChI is InChI=1S/C27H22ClN5O3/c1-17-4-2-12-32-24(17)31-26-22(27(32)35)14-19(15-29)25(33(26)16-21-5-3-13-36-21)30-23(34)11-8-18-6-9-20(28)10-7-18/h2,4,6-12,14,21H,3,5,13,16H2,1H3/b11-8+,30-25?/t21-/m0/s1. The molecule has 1 aromatic carbocycles. The summed E-state index contributed by atoms with van der Waals surface area (Å²) in [6, 6.07) is 14.2. The summed E-state index contributed by atoms with van der Waals surface area (Å²) in [4.78, 5) is 35.3. The molecule has 8 nitrogen and oxygen atoms in total. The molecule has 0 N–H and O–H groups in total. The Hall–Kier alpha value is -4.06. The maximum Gasteiger partial charge on any atom is 0.271 e. The molecule has 1 aliphatic rings. The number of carbonyl (C=O) groups excluding carboxylic acids is 1. The molecule has 1 atom stereocenters. The minimum atomic E-state index is -0.546. The number of ether oxygens (including phenoxy) is 1. The minimum absolute atomic E-state index is 0.111. The lowest BCUT2D eigenvalue weighted by molar-refractivity contribution is -0.113. The Morgan fingerprint density at radius 1 is 1.31 bits per heavy atom. The van der Waals surface area contributed by atoms with Gasteiger partial charge in [-0.25, -0.2) is 4.98 Å². The third kappa shape index (κ3) is 4.59. The van der Waals surface area contributed by atoms with Crippen LogP contribution in [0.15, 0.2) is 64.5 Å². The number of rotatable bonds is 4. The topological polar surface area (TPSA) is 102 Å². The van der Waals surface area contributed by atoms with Gasteiger partial charge in [0.15, 0.2) is 5.49 Å². The van der Waals surface area contributed by atoms with E-state index in [4.69, 9.17) is 21.3 Å². The van der Waals surface area contributed by atoms with Crippen LogP contribution >= 0.6 is 11.6 Å². The Morgan fingerprint density at radius 2 is 2.11 bits per heavy atom. The zero-order valence-electron chi connectivity index (χ0n) is 19.5. The summed E-state index contributed by atoms with van der Waals surface area (Å²) in [7, 11) is 0. The van der Waals surface area contributed by atoms with Gasteiger partial charge in [-0.3, -0.25) is 14.0 Å². The average Bonchev–Trinajstić information content (AvgIpc) is 3.39. The Bertz CT molecular complexity index is 1690. The first kappa shape index (κ1) is 23.7. The number of halogens is 1. The van der Waals surface area contributed by atoms with Gasteiger partial charge in [0.1, 0.15) is 17.4 Å². The Balaban J connectivity index is 1.73. The van der Waals surface area contributed by atoms with Crippen molar-refractivity contribution in [3.8, 4) is 6.07 Å². The van der Waals surface area contributed by atoms with Crippen molar-refractivity contribution >= 4 is 40.3 Å². The lowest BCUT2D eigenvalue weighted by Crippen LogP contribution is -2.32. The quantitative estimate of drug-likeness (QED) is 0.314. The number of hydrogen-bond acceptors (Lipinski definition) is 5. The number of pyridine rings is 2. The normalized spacial score (nSPS) is 16.2. The van der Waals surface area contributed by atoms with E-state index in [0.717, 1.165) is 24.0 Å². The number of benzene rings is 1. The van der Waals surface area contributed by atoms with Gasteiger partial charge in [0.25, 0.3) is 11.5 Å². The van der Waals surface area contributed by atoms with Gasteiger partial charge in [-0.2, -0.15) is 10.3 Å². The highest BCUT2D eigenvalue weighted by atomic mass is 35.5. The maximum atomic E-state index is 13.4. The molecule has 0 bridgehead atoms. The van der Waals surface area contributed by atoms with Crippen molar-refractivity contribution in [2.24, 2.45) is 4.99 Å². The molecule has 3 aromatic heterocycles. The van der Waals surface area contributed by atoms with E-state index in [1.165, 1.54) is 16.5 Å². The van der Waals surface area contributed by atoms with Gasteiger partial charge in [-0.1, -0.05) is 29.8 Å². The monoisotopic (exact) mass is 499 g/mol. The van der Waals surface area contributed by atoms with E-state index < -0.39 is 5.91 Å². The van der Waals surface area contributed by atoms with Crippen LogP contribution in [0.5, 0.6) is 0 Å². The largest absolute Gasteiger partial charge is 0.376 e. The first-order chi connectivity index (χ1) is 17.4. The molecule has 0 aliphatic carbocycles. The van der Waals surface area contributed by atoms with Crippen LogP contribution in [0.3, 0.4) is 0 Å². The van der Waals surface area contributed by atoms with Crippen molar-refractivity contribution in [1.29, 1.82) is 5.26 Å². The lowest BCUT2D eigenvalue weighted by Gasteiger charge is -2.17. The van der Waals surface area contributed by atoms with Gasteiger partial charge in [-0.15, -0.1) is 0 Å². The van der Waals surface area contributed by atoms with Crippen molar-refractivity contribution in [3.63, 3.8) is 0 Å². The van der Waals surface area contributed by atoms with E-state index in [-0.39, 0.29) is 28.1 Å². The first-order valence-electron chi connectivity index (χ1n) is 11.5. The molecule has 0 unspecified atom stereocenters. The van der Waals surface area contributed by atoms with Crippen LogP contribution in [0.25, 0.3) is 22.8 Å². The van der Waals surface area contributed by atoms with Gasteiger partial charge in [0, 0.05) is 23.9 Å². The van der Waals surface area contributed by atoms with Crippen molar-refractivity contribution < 1.29 is 9.53 Å². The summed E-state index contributed by atoms with van der Waals surface area (Å²) < 4.78 is 8.97. The number of nitrogens with zero attached hydrogens (tertiary/aromatic N) is 5. The predicted molar refractivity (Wildman–Crippen MR) is 136 cm³/mol. The molecular weight excluding hydrogens is 478 g/mol. The highest BCUT2D eigenvalue weighted by molar-refractivity contribution is 6.30. The van der Waals surface area contributed by atoms with E-state index in [2.05, 4.69) is 11.1 Å². The fourth-order valence-corrected chi connectivity index (χ4v) is 4.46. The van der Waals surface area contributed by atoms with Gasteiger partial charge in [0.2, 0.25) is 0 Å². The minimum Gasteiger partial charge on any atom is -0.376 e. The average molecular weight is 500 g/mol. The van der Waals surface area contributed by atoms with Crippen LogP contribution in [0.4, 0.5) is 0 Å². The van der Waals surface area contributed by atoms with E-state index >= 15 is 0 Å². The molecular formula is C27H22ClN5O3. The molecule has 4 aromatic rings. The number of amides is 1. The highest BCUT2D eigenvalue weighted by Crippen LogP contribution is 2.18. The Kier molecular flexibility index (Phi) is 6.51. The fraction of sp³-hybridized carbons (Fsp3) is 0.222.